The molecule has 2 aromatic rings. The van der Waals surface area contributed by atoms with Crippen LogP contribution in [0.25, 0.3) is 10.9 Å². The van der Waals surface area contributed by atoms with Crippen molar-refractivity contribution in [2.24, 2.45) is 0 Å². The lowest BCUT2D eigenvalue weighted by Crippen LogP contribution is -3.05. The van der Waals surface area contributed by atoms with Crippen LogP contribution < -0.4 is 21.1 Å². The highest BCUT2D eigenvalue weighted by Crippen LogP contribution is 2.19. The minimum atomic E-state index is -0.467. The Kier molecular flexibility index (Phi) is 6.69. The van der Waals surface area contributed by atoms with Gasteiger partial charge in [-0.05, 0) is 25.0 Å². The Morgan fingerprint density at radius 1 is 1.29 bits per heavy atom. The third kappa shape index (κ3) is 5.56. The topological polar surface area (TPSA) is 97.5 Å². The summed E-state index contributed by atoms with van der Waals surface area (Å²) in [6.45, 7) is 1.46. The van der Waals surface area contributed by atoms with E-state index in [2.05, 4.69) is 29.7 Å². The number of aromatic nitrogens is 2. The van der Waals surface area contributed by atoms with E-state index in [0.29, 0.717) is 22.6 Å². The number of imide groups is 1. The van der Waals surface area contributed by atoms with Gasteiger partial charge in [0.05, 0.1) is 37.3 Å². The number of hydrogen-bond donors (Lipinski definition) is 3. The quantitative estimate of drug-likeness (QED) is 0.425. The number of para-hydroxylation sites is 1. The maximum absolute atomic E-state index is 12.9. The van der Waals surface area contributed by atoms with Crippen LogP contribution in [0.3, 0.4) is 0 Å². The van der Waals surface area contributed by atoms with E-state index in [1.165, 1.54) is 16.7 Å². The van der Waals surface area contributed by atoms with Gasteiger partial charge in [0.25, 0.3) is 5.56 Å². The zero-order valence-corrected chi connectivity index (χ0v) is 17.0. The van der Waals surface area contributed by atoms with Gasteiger partial charge in [-0.25, -0.2) is 9.78 Å². The summed E-state index contributed by atoms with van der Waals surface area (Å²) in [6, 6.07) is 6.92. The van der Waals surface area contributed by atoms with Crippen LogP contribution in [0.15, 0.2) is 34.2 Å². The van der Waals surface area contributed by atoms with Crippen LogP contribution in [0.1, 0.15) is 19.3 Å². The lowest BCUT2D eigenvalue weighted by Gasteiger charge is -2.14. The minimum Gasteiger partial charge on any atom is -0.340 e. The van der Waals surface area contributed by atoms with Crippen molar-refractivity contribution in [2.45, 2.75) is 37.0 Å². The molecule has 1 aromatic carbocycles. The van der Waals surface area contributed by atoms with Crippen LogP contribution in [0.5, 0.6) is 0 Å². The highest BCUT2D eigenvalue weighted by Gasteiger charge is 2.24. The summed E-state index contributed by atoms with van der Waals surface area (Å²) in [6.07, 6.45) is 2.74. The summed E-state index contributed by atoms with van der Waals surface area (Å²) >= 11 is 1.17. The number of hydrogen-bond acceptors (Lipinski definition) is 5. The van der Waals surface area contributed by atoms with Crippen molar-refractivity contribution in [3.8, 4) is 0 Å². The third-order valence-electron chi connectivity index (χ3n) is 4.38. The number of fused-ring (bicyclic) bond motifs is 1. The fourth-order valence-electron chi connectivity index (χ4n) is 2.79. The van der Waals surface area contributed by atoms with E-state index in [1.807, 2.05) is 12.1 Å². The fourth-order valence-corrected chi connectivity index (χ4v) is 3.61. The molecule has 0 spiro atoms. The summed E-state index contributed by atoms with van der Waals surface area (Å²) in [4.78, 5) is 42.6. The molecule has 1 saturated carbocycles. The molecule has 1 fully saturated rings. The molecule has 3 rings (SSSR count). The molecule has 1 aliphatic rings. The van der Waals surface area contributed by atoms with Crippen LogP contribution in [0.2, 0.25) is 0 Å². The summed E-state index contributed by atoms with van der Waals surface area (Å²) in [5.41, 5.74) is 0.505. The van der Waals surface area contributed by atoms with Crippen LogP contribution >= 0.6 is 11.8 Å². The Morgan fingerprint density at radius 3 is 2.75 bits per heavy atom. The molecule has 28 heavy (non-hydrogen) atoms. The number of amides is 3. The average molecular weight is 405 g/mol. The van der Waals surface area contributed by atoms with Gasteiger partial charge in [0.2, 0.25) is 5.91 Å². The molecule has 150 valence electrons. The zero-order valence-electron chi connectivity index (χ0n) is 16.2. The van der Waals surface area contributed by atoms with Gasteiger partial charge in [-0.3, -0.25) is 19.5 Å². The number of quaternary nitrogens is 1. The van der Waals surface area contributed by atoms with E-state index in [9.17, 15) is 14.4 Å². The van der Waals surface area contributed by atoms with Gasteiger partial charge in [-0.15, -0.1) is 0 Å². The smallest absolute Gasteiger partial charge is 0.321 e. The Morgan fingerprint density at radius 2 is 2.04 bits per heavy atom. The first-order valence-electron chi connectivity index (χ1n) is 9.46. The van der Waals surface area contributed by atoms with Crippen molar-refractivity contribution in [1.29, 1.82) is 0 Å². The van der Waals surface area contributed by atoms with Gasteiger partial charge >= 0.3 is 6.03 Å². The second kappa shape index (κ2) is 9.20. The number of benzene rings is 1. The van der Waals surface area contributed by atoms with Crippen molar-refractivity contribution in [2.75, 3.05) is 26.4 Å². The molecule has 1 aliphatic carbocycles. The van der Waals surface area contributed by atoms with Crippen molar-refractivity contribution in [1.82, 2.24) is 20.2 Å². The number of urea groups is 1. The predicted molar refractivity (Wildman–Crippen MR) is 109 cm³/mol. The number of rotatable bonds is 8. The molecule has 0 unspecified atom stereocenters. The molecular weight excluding hydrogens is 378 g/mol. The van der Waals surface area contributed by atoms with Crippen LogP contribution in [-0.4, -0.2) is 53.9 Å². The van der Waals surface area contributed by atoms with Gasteiger partial charge in [-0.1, -0.05) is 23.9 Å². The van der Waals surface area contributed by atoms with Crippen LogP contribution in [-0.2, 0) is 11.3 Å². The highest BCUT2D eigenvalue weighted by atomic mass is 32.2. The first-order chi connectivity index (χ1) is 13.4. The first kappa shape index (κ1) is 20.3. The van der Waals surface area contributed by atoms with Gasteiger partial charge in [-0.2, -0.15) is 0 Å². The van der Waals surface area contributed by atoms with Crippen molar-refractivity contribution in [3.05, 3.63) is 34.6 Å². The van der Waals surface area contributed by atoms with E-state index in [1.54, 1.807) is 16.7 Å². The monoisotopic (exact) mass is 404 g/mol. The van der Waals surface area contributed by atoms with Gasteiger partial charge in [0.15, 0.2) is 5.16 Å². The minimum absolute atomic E-state index is 0.0157. The zero-order chi connectivity index (χ0) is 20.1. The molecule has 1 aromatic heterocycles. The number of nitrogens with one attached hydrogen (secondary N) is 3. The lowest BCUT2D eigenvalue weighted by atomic mass is 10.2. The molecule has 3 amide bonds. The number of nitrogens with zero attached hydrogens (tertiary/aromatic N) is 2. The van der Waals surface area contributed by atoms with Gasteiger partial charge < -0.3 is 10.2 Å². The van der Waals surface area contributed by atoms with E-state index in [0.717, 1.165) is 25.8 Å². The maximum Gasteiger partial charge on any atom is 0.321 e. The summed E-state index contributed by atoms with van der Waals surface area (Å²) < 4.78 is 1.63. The normalized spacial score (nSPS) is 13.7. The Labute approximate surface area is 167 Å². The Hall–Kier alpha value is -2.39. The van der Waals surface area contributed by atoms with E-state index in [-0.39, 0.29) is 17.4 Å². The maximum atomic E-state index is 12.9. The van der Waals surface area contributed by atoms with E-state index < -0.39 is 11.9 Å². The predicted octanol–water partition coefficient (Wildman–Crippen LogP) is 0.0114. The number of carbonyl (C=O) groups excluding carboxylic acids is 2. The average Bonchev–Trinajstić information content (AvgIpc) is 3.45. The highest BCUT2D eigenvalue weighted by molar-refractivity contribution is 7.99. The Bertz CT molecular complexity index is 923. The van der Waals surface area contributed by atoms with E-state index >= 15 is 0 Å². The molecule has 0 atom stereocenters. The SMILES string of the molecule is C[NH+](C)CCCn1c(SCC(=O)NC(=O)NC2CC2)nc2ccccc2c1=O. The second-order valence-electron chi connectivity index (χ2n) is 7.26. The van der Waals surface area contributed by atoms with Crippen molar-refractivity contribution < 1.29 is 14.5 Å². The van der Waals surface area contributed by atoms with Crippen molar-refractivity contribution in [3.63, 3.8) is 0 Å². The van der Waals surface area contributed by atoms with Crippen molar-refractivity contribution >= 4 is 34.6 Å². The summed E-state index contributed by atoms with van der Waals surface area (Å²) in [7, 11) is 4.13. The molecule has 9 heteroatoms. The van der Waals surface area contributed by atoms with Gasteiger partial charge in [0, 0.05) is 19.0 Å². The molecule has 3 N–H and O–H groups in total. The second-order valence-corrected chi connectivity index (χ2v) is 8.21. The molecule has 0 radical (unpaired) electrons. The van der Waals surface area contributed by atoms with Crippen LogP contribution in [0.4, 0.5) is 4.79 Å². The molecule has 1 heterocycles. The number of carbonyl (C=O) groups is 2. The third-order valence-corrected chi connectivity index (χ3v) is 5.36. The summed E-state index contributed by atoms with van der Waals surface area (Å²) in [5.74, 6) is -0.392. The van der Waals surface area contributed by atoms with Gasteiger partial charge in [0.1, 0.15) is 0 Å². The largest absolute Gasteiger partial charge is 0.340 e. The first-order valence-corrected chi connectivity index (χ1v) is 10.4. The molecule has 0 bridgehead atoms. The Balaban J connectivity index is 1.72. The fraction of sp³-hybridized carbons (Fsp3) is 0.474. The molecule has 8 nitrogen and oxygen atoms in total. The van der Waals surface area contributed by atoms with E-state index in [4.69, 9.17) is 0 Å². The lowest BCUT2D eigenvalue weighted by molar-refractivity contribution is -0.858. The standard InChI is InChI=1S/C19H25N5O3S/c1-23(2)10-5-11-24-17(26)14-6-3-4-7-15(14)21-19(24)28-12-16(25)22-18(27)20-13-8-9-13/h3-4,6-7,13H,5,8-12H2,1-2H3,(H2,20,22,25,27)/p+1. The number of thioether (sulfide) groups is 1. The molecule has 0 saturated heterocycles. The van der Waals surface area contributed by atoms with Crippen LogP contribution in [0, 0.1) is 0 Å². The molecular formula is C19H26N5O3S+. The summed E-state index contributed by atoms with van der Waals surface area (Å²) in [5, 5.41) is 6.10. The molecule has 0 aliphatic heterocycles.